The molecule has 6 heteroatoms. The molecule has 1 heterocycles. The van der Waals surface area contributed by atoms with Crippen molar-refractivity contribution >= 4 is 28.9 Å². The number of carbonyl (C=O) groups is 1. The average molecular weight is 314 g/mol. The van der Waals surface area contributed by atoms with Crippen LogP contribution in [-0.2, 0) is 4.74 Å². The van der Waals surface area contributed by atoms with Gasteiger partial charge in [0.25, 0.3) is 0 Å². The van der Waals surface area contributed by atoms with E-state index < -0.39 is 11.7 Å². The number of aromatic nitrogens is 2. The van der Waals surface area contributed by atoms with Crippen LogP contribution in [0.5, 0.6) is 0 Å². The molecule has 0 bridgehead atoms. The molecule has 0 spiro atoms. The Morgan fingerprint density at radius 1 is 1.35 bits per heavy atom. The third-order valence-electron chi connectivity index (χ3n) is 2.98. The highest BCUT2D eigenvalue weighted by Gasteiger charge is 2.15. The zero-order chi connectivity index (χ0) is 16.9. The largest absolute Gasteiger partial charge is 0.444 e. The van der Waals surface area contributed by atoms with E-state index in [4.69, 9.17) is 10.5 Å². The van der Waals surface area contributed by atoms with Crippen molar-refractivity contribution in [2.45, 2.75) is 32.8 Å². The number of benzene rings is 1. The second-order valence-corrected chi connectivity index (χ2v) is 6.16. The molecule has 2 rings (SSSR count). The van der Waals surface area contributed by atoms with Crippen LogP contribution < -0.4 is 11.1 Å². The van der Waals surface area contributed by atoms with E-state index in [1.807, 2.05) is 51.1 Å². The summed E-state index contributed by atoms with van der Waals surface area (Å²) in [6.45, 7) is 6.02. The standard InChI is InChI=1S/C17H22N4O2/c1-17(2,3)23-16(22)19-9-5-4-6-12-7-8-14-13(10-12)15(18)21-11-20-14/h4,6-8,10-11H,5,9H2,1-3H3,(H,19,22)(H2,18,20,21). The van der Waals surface area contributed by atoms with Crippen molar-refractivity contribution in [3.05, 3.63) is 36.2 Å². The third-order valence-corrected chi connectivity index (χ3v) is 2.98. The van der Waals surface area contributed by atoms with Crippen LogP contribution in [0.2, 0.25) is 0 Å². The van der Waals surface area contributed by atoms with Crippen molar-refractivity contribution < 1.29 is 9.53 Å². The first kappa shape index (κ1) is 16.7. The van der Waals surface area contributed by atoms with Gasteiger partial charge in [0.1, 0.15) is 17.7 Å². The first-order valence-corrected chi connectivity index (χ1v) is 7.49. The summed E-state index contributed by atoms with van der Waals surface area (Å²) < 4.78 is 5.16. The van der Waals surface area contributed by atoms with Crippen LogP contribution in [0, 0.1) is 0 Å². The minimum absolute atomic E-state index is 0.401. The first-order chi connectivity index (χ1) is 10.8. The Morgan fingerprint density at radius 3 is 2.87 bits per heavy atom. The fourth-order valence-corrected chi connectivity index (χ4v) is 1.99. The molecule has 0 atom stereocenters. The quantitative estimate of drug-likeness (QED) is 0.846. The molecule has 0 aliphatic rings. The number of anilines is 1. The maximum atomic E-state index is 11.5. The molecule has 23 heavy (non-hydrogen) atoms. The summed E-state index contributed by atoms with van der Waals surface area (Å²) >= 11 is 0. The van der Waals surface area contributed by atoms with E-state index in [2.05, 4.69) is 15.3 Å². The Hall–Kier alpha value is -2.63. The second-order valence-electron chi connectivity index (χ2n) is 6.16. The monoisotopic (exact) mass is 314 g/mol. The highest BCUT2D eigenvalue weighted by molar-refractivity contribution is 5.89. The van der Waals surface area contributed by atoms with Crippen LogP contribution >= 0.6 is 0 Å². The van der Waals surface area contributed by atoms with Crippen LogP contribution in [0.25, 0.3) is 17.0 Å². The Bertz CT molecular complexity index is 720. The Labute approximate surface area is 135 Å². The van der Waals surface area contributed by atoms with Gasteiger partial charge in [0, 0.05) is 11.9 Å². The minimum atomic E-state index is -0.479. The molecule has 0 unspecified atom stereocenters. The van der Waals surface area contributed by atoms with E-state index in [0.717, 1.165) is 16.5 Å². The molecule has 1 aromatic heterocycles. The smallest absolute Gasteiger partial charge is 0.407 e. The van der Waals surface area contributed by atoms with Gasteiger partial charge in [-0.05, 0) is 44.9 Å². The van der Waals surface area contributed by atoms with E-state index in [1.165, 1.54) is 6.33 Å². The van der Waals surface area contributed by atoms with Crippen LogP contribution in [0.15, 0.2) is 30.6 Å². The SMILES string of the molecule is CC(C)(C)OC(=O)NCCC=Cc1ccc2ncnc(N)c2c1. The van der Waals surface area contributed by atoms with Gasteiger partial charge in [0.05, 0.1) is 5.52 Å². The molecule has 0 saturated carbocycles. The molecule has 2 aromatic rings. The number of hydrogen-bond acceptors (Lipinski definition) is 5. The molecule has 1 amide bonds. The number of ether oxygens (including phenoxy) is 1. The van der Waals surface area contributed by atoms with Gasteiger partial charge in [0.2, 0.25) is 0 Å². The number of fused-ring (bicyclic) bond motifs is 1. The molecule has 1 aromatic carbocycles. The van der Waals surface area contributed by atoms with Gasteiger partial charge in [-0.2, -0.15) is 0 Å². The predicted octanol–water partition coefficient (Wildman–Crippen LogP) is 3.14. The lowest BCUT2D eigenvalue weighted by Crippen LogP contribution is -2.32. The average Bonchev–Trinajstić information content (AvgIpc) is 2.46. The Morgan fingerprint density at radius 2 is 2.13 bits per heavy atom. The molecule has 0 aliphatic carbocycles. The Kier molecular flexibility index (Phi) is 5.16. The summed E-state index contributed by atoms with van der Waals surface area (Å²) in [7, 11) is 0. The number of amides is 1. The van der Waals surface area contributed by atoms with Crippen molar-refractivity contribution in [3.8, 4) is 0 Å². The van der Waals surface area contributed by atoms with Gasteiger partial charge in [-0.25, -0.2) is 14.8 Å². The van der Waals surface area contributed by atoms with Gasteiger partial charge >= 0.3 is 6.09 Å². The van der Waals surface area contributed by atoms with Crippen LogP contribution in [0.3, 0.4) is 0 Å². The number of nitrogen functional groups attached to an aromatic ring is 1. The Balaban J connectivity index is 1.87. The number of carbonyl (C=O) groups excluding carboxylic acids is 1. The number of rotatable bonds is 4. The van der Waals surface area contributed by atoms with Crippen LogP contribution in [0.4, 0.5) is 10.6 Å². The number of alkyl carbamates (subject to hydrolysis) is 1. The van der Waals surface area contributed by atoms with Crippen molar-refractivity contribution in [1.29, 1.82) is 0 Å². The van der Waals surface area contributed by atoms with Crippen molar-refractivity contribution in [2.75, 3.05) is 12.3 Å². The molecule has 6 nitrogen and oxygen atoms in total. The zero-order valence-corrected chi connectivity index (χ0v) is 13.7. The predicted molar refractivity (Wildman–Crippen MR) is 91.8 cm³/mol. The highest BCUT2D eigenvalue weighted by atomic mass is 16.6. The fraction of sp³-hybridized carbons (Fsp3) is 0.353. The summed E-state index contributed by atoms with van der Waals surface area (Å²) in [6, 6.07) is 5.82. The van der Waals surface area contributed by atoms with Gasteiger partial charge in [-0.1, -0.05) is 18.2 Å². The van der Waals surface area contributed by atoms with Gasteiger partial charge < -0.3 is 15.8 Å². The molecule has 0 fully saturated rings. The molecular formula is C17H22N4O2. The maximum absolute atomic E-state index is 11.5. The van der Waals surface area contributed by atoms with Crippen molar-refractivity contribution in [3.63, 3.8) is 0 Å². The molecular weight excluding hydrogens is 292 g/mol. The molecule has 0 aliphatic heterocycles. The van der Waals surface area contributed by atoms with E-state index in [-0.39, 0.29) is 0 Å². The van der Waals surface area contributed by atoms with E-state index in [0.29, 0.717) is 18.8 Å². The van der Waals surface area contributed by atoms with E-state index in [1.54, 1.807) is 0 Å². The summed E-state index contributed by atoms with van der Waals surface area (Å²) in [6.07, 6.45) is 5.72. The summed E-state index contributed by atoms with van der Waals surface area (Å²) in [5.41, 5.74) is 7.20. The maximum Gasteiger partial charge on any atom is 0.407 e. The van der Waals surface area contributed by atoms with E-state index >= 15 is 0 Å². The number of nitrogens with one attached hydrogen (secondary N) is 1. The minimum Gasteiger partial charge on any atom is -0.444 e. The van der Waals surface area contributed by atoms with Gasteiger partial charge in [0.15, 0.2) is 0 Å². The third kappa shape index (κ3) is 5.25. The zero-order valence-electron chi connectivity index (χ0n) is 13.7. The normalized spacial score (nSPS) is 11.8. The fourth-order valence-electron chi connectivity index (χ4n) is 1.99. The molecule has 0 saturated heterocycles. The van der Waals surface area contributed by atoms with E-state index in [9.17, 15) is 4.79 Å². The van der Waals surface area contributed by atoms with Crippen LogP contribution in [0.1, 0.15) is 32.8 Å². The van der Waals surface area contributed by atoms with Crippen LogP contribution in [-0.4, -0.2) is 28.2 Å². The molecule has 3 N–H and O–H groups in total. The van der Waals surface area contributed by atoms with Gasteiger partial charge in [-0.15, -0.1) is 0 Å². The lowest BCUT2D eigenvalue weighted by atomic mass is 10.1. The summed E-state index contributed by atoms with van der Waals surface area (Å²) in [4.78, 5) is 19.6. The lowest BCUT2D eigenvalue weighted by Gasteiger charge is -2.19. The van der Waals surface area contributed by atoms with Gasteiger partial charge in [-0.3, -0.25) is 0 Å². The highest BCUT2D eigenvalue weighted by Crippen LogP contribution is 2.18. The topological polar surface area (TPSA) is 90.1 Å². The second kappa shape index (κ2) is 7.09. The molecule has 122 valence electrons. The molecule has 0 radical (unpaired) electrons. The first-order valence-electron chi connectivity index (χ1n) is 7.49. The number of nitrogens with zero attached hydrogens (tertiary/aromatic N) is 2. The lowest BCUT2D eigenvalue weighted by molar-refractivity contribution is 0.0529. The number of hydrogen-bond donors (Lipinski definition) is 2. The number of nitrogens with two attached hydrogens (primary N) is 1. The summed E-state index contributed by atoms with van der Waals surface area (Å²) in [5, 5.41) is 3.55. The summed E-state index contributed by atoms with van der Waals surface area (Å²) in [5.74, 6) is 0.469. The van der Waals surface area contributed by atoms with Crippen molar-refractivity contribution in [1.82, 2.24) is 15.3 Å². The van der Waals surface area contributed by atoms with Crippen molar-refractivity contribution in [2.24, 2.45) is 0 Å².